The molecule has 0 amide bonds. The Hall–Kier alpha value is -0.690. The Labute approximate surface area is 106 Å². The summed E-state index contributed by atoms with van der Waals surface area (Å²) < 4.78 is 26.1. The largest absolute Gasteiger partial charge is 0.392 e. The molecule has 1 rings (SSSR count). The van der Waals surface area contributed by atoms with Gasteiger partial charge in [0.2, 0.25) is 0 Å². The Bertz CT molecular complexity index is 491. The van der Waals surface area contributed by atoms with E-state index in [1.165, 1.54) is 10.4 Å². The molecule has 6 heteroatoms. The van der Waals surface area contributed by atoms with E-state index >= 15 is 0 Å². The molecule has 1 aromatic rings. The molecule has 0 unspecified atom stereocenters. The average Bonchev–Trinajstić information content (AvgIpc) is 2.74. The lowest BCUT2D eigenvalue weighted by Crippen LogP contribution is -2.31. The van der Waals surface area contributed by atoms with Crippen LogP contribution in [-0.2, 0) is 16.6 Å². The Balaban J connectivity index is 3.03. The molecule has 0 aromatic carbocycles. The summed E-state index contributed by atoms with van der Waals surface area (Å²) in [6.45, 7) is 7.91. The molecule has 4 nitrogen and oxygen atoms in total. The van der Waals surface area contributed by atoms with E-state index in [9.17, 15) is 8.42 Å². The highest BCUT2D eigenvalue weighted by atomic mass is 32.2. The van der Waals surface area contributed by atoms with Crippen LogP contribution in [0.4, 0.5) is 0 Å². The molecule has 1 heterocycles. The van der Waals surface area contributed by atoms with E-state index in [0.717, 1.165) is 16.9 Å². The molecule has 17 heavy (non-hydrogen) atoms. The van der Waals surface area contributed by atoms with Crippen LogP contribution in [0.15, 0.2) is 27.8 Å². The molecule has 0 spiro atoms. The van der Waals surface area contributed by atoms with Crippen molar-refractivity contribution >= 4 is 21.4 Å². The number of hydrogen-bond donors (Lipinski definition) is 1. The fourth-order valence-corrected chi connectivity index (χ4v) is 4.23. The maximum Gasteiger partial charge on any atom is 0.252 e. The van der Waals surface area contributed by atoms with Crippen LogP contribution in [0.25, 0.3) is 0 Å². The Morgan fingerprint density at radius 3 is 2.65 bits per heavy atom. The minimum atomic E-state index is -3.46. The van der Waals surface area contributed by atoms with Crippen molar-refractivity contribution in [2.75, 3.05) is 13.1 Å². The SMILES string of the molecule is C=C(C)CN(CC)S(=O)(=O)c1cc(CO)cs1. The normalized spacial score (nSPS) is 12.0. The van der Waals surface area contributed by atoms with Crippen LogP contribution in [0.5, 0.6) is 0 Å². The molecule has 0 atom stereocenters. The van der Waals surface area contributed by atoms with Gasteiger partial charge in [0.25, 0.3) is 10.0 Å². The van der Waals surface area contributed by atoms with Gasteiger partial charge in [0.05, 0.1) is 6.61 Å². The number of likely N-dealkylation sites (N-methyl/N-ethyl adjacent to an activating group) is 1. The summed E-state index contributed by atoms with van der Waals surface area (Å²) in [6.07, 6.45) is 0. The summed E-state index contributed by atoms with van der Waals surface area (Å²) in [4.78, 5) is 0. The second-order valence-corrected chi connectivity index (χ2v) is 6.90. The molecule has 0 aliphatic carbocycles. The first-order chi connectivity index (χ1) is 7.91. The summed E-state index contributed by atoms with van der Waals surface area (Å²) in [7, 11) is -3.46. The number of thiophene rings is 1. The molecule has 0 aliphatic rings. The Morgan fingerprint density at radius 1 is 1.59 bits per heavy atom. The molecule has 96 valence electrons. The van der Waals surface area contributed by atoms with Gasteiger partial charge in [-0.05, 0) is 23.9 Å². The Kier molecular flexibility index (Phi) is 4.88. The van der Waals surface area contributed by atoms with E-state index in [-0.39, 0.29) is 10.8 Å². The van der Waals surface area contributed by atoms with Gasteiger partial charge in [0.15, 0.2) is 0 Å². The number of aliphatic hydroxyl groups excluding tert-OH is 1. The second-order valence-electron chi connectivity index (χ2n) is 3.82. The molecule has 1 aromatic heterocycles. The smallest absolute Gasteiger partial charge is 0.252 e. The van der Waals surface area contributed by atoms with Crippen LogP contribution in [0, 0.1) is 0 Å². The van der Waals surface area contributed by atoms with Crippen molar-refractivity contribution in [3.63, 3.8) is 0 Å². The maximum absolute atomic E-state index is 12.2. The predicted octanol–water partition coefficient (Wildman–Crippen LogP) is 1.83. The minimum absolute atomic E-state index is 0.140. The number of sulfonamides is 1. The summed E-state index contributed by atoms with van der Waals surface area (Å²) in [5, 5.41) is 10.6. The van der Waals surface area contributed by atoms with E-state index in [1.807, 2.05) is 0 Å². The van der Waals surface area contributed by atoms with Crippen molar-refractivity contribution in [3.05, 3.63) is 29.2 Å². The van der Waals surface area contributed by atoms with Crippen molar-refractivity contribution in [1.82, 2.24) is 4.31 Å². The molecular formula is C11H17NO3S2. The zero-order valence-corrected chi connectivity index (χ0v) is 11.6. The third kappa shape index (κ3) is 3.38. The molecular weight excluding hydrogens is 258 g/mol. The first kappa shape index (κ1) is 14.4. The van der Waals surface area contributed by atoms with Crippen molar-refractivity contribution in [2.24, 2.45) is 0 Å². The van der Waals surface area contributed by atoms with E-state index in [0.29, 0.717) is 18.7 Å². The van der Waals surface area contributed by atoms with E-state index in [4.69, 9.17) is 5.11 Å². The second kappa shape index (κ2) is 5.77. The lowest BCUT2D eigenvalue weighted by molar-refractivity contribution is 0.282. The summed E-state index contributed by atoms with van der Waals surface area (Å²) in [6, 6.07) is 1.51. The van der Waals surface area contributed by atoms with Crippen LogP contribution in [0.2, 0.25) is 0 Å². The van der Waals surface area contributed by atoms with Crippen LogP contribution < -0.4 is 0 Å². The van der Waals surface area contributed by atoms with Gasteiger partial charge in [-0.2, -0.15) is 4.31 Å². The highest BCUT2D eigenvalue weighted by Crippen LogP contribution is 2.24. The molecule has 0 fully saturated rings. The van der Waals surface area contributed by atoms with E-state index in [1.54, 1.807) is 19.2 Å². The quantitative estimate of drug-likeness (QED) is 0.806. The third-order valence-corrected chi connectivity index (χ3v) is 5.59. The van der Waals surface area contributed by atoms with Gasteiger partial charge in [-0.15, -0.1) is 11.3 Å². The highest BCUT2D eigenvalue weighted by Gasteiger charge is 2.24. The third-order valence-electron chi connectivity index (χ3n) is 2.21. The van der Waals surface area contributed by atoms with Gasteiger partial charge in [0.1, 0.15) is 4.21 Å². The van der Waals surface area contributed by atoms with Crippen molar-refractivity contribution in [1.29, 1.82) is 0 Å². The summed E-state index contributed by atoms with van der Waals surface area (Å²) >= 11 is 1.13. The standard InChI is InChI=1S/C11H17NO3S2/c1-4-12(6-9(2)3)17(14,15)11-5-10(7-13)8-16-11/h5,8,13H,2,4,6-7H2,1,3H3. The number of rotatable bonds is 6. The monoisotopic (exact) mass is 275 g/mol. The predicted molar refractivity (Wildman–Crippen MR) is 69.5 cm³/mol. The van der Waals surface area contributed by atoms with Crippen molar-refractivity contribution in [2.45, 2.75) is 24.7 Å². The lowest BCUT2D eigenvalue weighted by Gasteiger charge is -2.19. The Morgan fingerprint density at radius 2 is 2.24 bits per heavy atom. The molecule has 0 saturated carbocycles. The van der Waals surface area contributed by atoms with Gasteiger partial charge in [-0.3, -0.25) is 0 Å². The summed E-state index contributed by atoms with van der Waals surface area (Å²) in [5.41, 5.74) is 1.43. The molecule has 0 saturated heterocycles. The maximum atomic E-state index is 12.2. The van der Waals surface area contributed by atoms with Crippen LogP contribution in [0.1, 0.15) is 19.4 Å². The van der Waals surface area contributed by atoms with Gasteiger partial charge in [-0.1, -0.05) is 19.1 Å². The molecule has 0 radical (unpaired) electrons. The van der Waals surface area contributed by atoms with Gasteiger partial charge < -0.3 is 5.11 Å². The van der Waals surface area contributed by atoms with Crippen molar-refractivity contribution < 1.29 is 13.5 Å². The van der Waals surface area contributed by atoms with Crippen molar-refractivity contribution in [3.8, 4) is 0 Å². The van der Waals surface area contributed by atoms with Gasteiger partial charge in [0, 0.05) is 13.1 Å². The molecule has 0 aliphatic heterocycles. The molecule has 0 bridgehead atoms. The fourth-order valence-electron chi connectivity index (χ4n) is 1.37. The average molecular weight is 275 g/mol. The lowest BCUT2D eigenvalue weighted by atomic mass is 10.3. The molecule has 1 N–H and O–H groups in total. The zero-order valence-electron chi connectivity index (χ0n) is 10.0. The fraction of sp³-hybridized carbons (Fsp3) is 0.455. The summed E-state index contributed by atoms with van der Waals surface area (Å²) in [5.74, 6) is 0. The van der Waals surface area contributed by atoms with Crippen LogP contribution in [-0.4, -0.2) is 30.9 Å². The number of hydrogen-bond acceptors (Lipinski definition) is 4. The minimum Gasteiger partial charge on any atom is -0.392 e. The van der Waals surface area contributed by atoms with E-state index < -0.39 is 10.0 Å². The number of nitrogens with zero attached hydrogens (tertiary/aromatic N) is 1. The topological polar surface area (TPSA) is 57.6 Å². The van der Waals surface area contributed by atoms with Gasteiger partial charge >= 0.3 is 0 Å². The number of aliphatic hydroxyl groups is 1. The first-order valence-electron chi connectivity index (χ1n) is 5.24. The zero-order chi connectivity index (χ0) is 13.1. The van der Waals surface area contributed by atoms with Crippen LogP contribution >= 0.6 is 11.3 Å². The van der Waals surface area contributed by atoms with E-state index in [2.05, 4.69) is 6.58 Å². The van der Waals surface area contributed by atoms with Gasteiger partial charge in [-0.25, -0.2) is 8.42 Å². The first-order valence-corrected chi connectivity index (χ1v) is 7.56. The van der Waals surface area contributed by atoms with Crippen LogP contribution in [0.3, 0.4) is 0 Å². The highest BCUT2D eigenvalue weighted by molar-refractivity contribution is 7.91.